The lowest BCUT2D eigenvalue weighted by Crippen LogP contribution is -2.33. The van der Waals surface area contributed by atoms with E-state index in [4.69, 9.17) is 10.00 Å². The second-order valence-electron chi connectivity index (χ2n) is 4.82. The molecule has 0 saturated carbocycles. The quantitative estimate of drug-likeness (QED) is 0.746. The second-order valence-corrected chi connectivity index (χ2v) is 4.82. The van der Waals surface area contributed by atoms with Gasteiger partial charge in [0.1, 0.15) is 0 Å². The van der Waals surface area contributed by atoms with E-state index in [1.807, 2.05) is 32.6 Å². The van der Waals surface area contributed by atoms with Crippen LogP contribution in [0.4, 0.5) is 11.9 Å². The number of ether oxygens (including phenoxy) is 1. The van der Waals surface area contributed by atoms with Gasteiger partial charge in [0.25, 0.3) is 0 Å². The molecule has 1 rings (SSSR count). The van der Waals surface area contributed by atoms with Crippen LogP contribution >= 0.6 is 0 Å². The molecule has 0 aromatic carbocycles. The van der Waals surface area contributed by atoms with E-state index < -0.39 is 0 Å². The minimum Gasteiger partial charge on any atom is -0.463 e. The second kappa shape index (κ2) is 8.95. The molecule has 1 aromatic rings. The Balaban J connectivity index is 3.05. The third kappa shape index (κ3) is 5.42. The van der Waals surface area contributed by atoms with Gasteiger partial charge in [-0.3, -0.25) is 0 Å². The predicted molar refractivity (Wildman–Crippen MR) is 82.5 cm³/mol. The Kier molecular flexibility index (Phi) is 7.23. The van der Waals surface area contributed by atoms with Gasteiger partial charge in [-0.2, -0.15) is 20.2 Å². The van der Waals surface area contributed by atoms with E-state index in [2.05, 4.69) is 26.3 Å². The van der Waals surface area contributed by atoms with Crippen molar-refractivity contribution in [3.05, 3.63) is 0 Å². The van der Waals surface area contributed by atoms with Crippen molar-refractivity contribution in [3.63, 3.8) is 0 Å². The SMILES string of the molecule is CCCOc1nc(NCC)nc(N(CCC#N)C(C)C)n1. The number of anilines is 2. The van der Waals surface area contributed by atoms with Crippen molar-refractivity contribution >= 4 is 11.9 Å². The number of rotatable bonds is 9. The van der Waals surface area contributed by atoms with Crippen LogP contribution in [0.5, 0.6) is 6.01 Å². The summed E-state index contributed by atoms with van der Waals surface area (Å²) in [5.41, 5.74) is 0. The van der Waals surface area contributed by atoms with E-state index in [1.165, 1.54) is 0 Å². The summed E-state index contributed by atoms with van der Waals surface area (Å²) >= 11 is 0. The fourth-order valence-electron chi connectivity index (χ4n) is 1.73. The third-order valence-electron chi connectivity index (χ3n) is 2.72. The Hall–Kier alpha value is -2.10. The number of hydrogen-bond acceptors (Lipinski definition) is 7. The minimum atomic E-state index is 0.189. The van der Waals surface area contributed by atoms with Crippen LogP contribution in [0.2, 0.25) is 0 Å². The molecule has 0 fully saturated rings. The van der Waals surface area contributed by atoms with Crippen molar-refractivity contribution in [3.8, 4) is 12.1 Å². The van der Waals surface area contributed by atoms with Crippen molar-refractivity contribution in [2.24, 2.45) is 0 Å². The van der Waals surface area contributed by atoms with E-state index in [0.29, 0.717) is 37.5 Å². The maximum atomic E-state index is 8.79. The van der Waals surface area contributed by atoms with Gasteiger partial charge in [0, 0.05) is 19.1 Å². The van der Waals surface area contributed by atoms with Crippen LogP contribution in [0.3, 0.4) is 0 Å². The molecule has 0 aliphatic heterocycles. The zero-order valence-corrected chi connectivity index (χ0v) is 13.3. The Bertz CT molecular complexity index is 471. The van der Waals surface area contributed by atoms with Crippen LogP contribution in [0.15, 0.2) is 0 Å². The molecule has 0 unspecified atom stereocenters. The highest BCUT2D eigenvalue weighted by atomic mass is 16.5. The number of hydrogen-bond donors (Lipinski definition) is 1. The average molecular weight is 292 g/mol. The molecule has 21 heavy (non-hydrogen) atoms. The molecule has 7 heteroatoms. The van der Waals surface area contributed by atoms with E-state index >= 15 is 0 Å². The van der Waals surface area contributed by atoms with Gasteiger partial charge in [-0.1, -0.05) is 6.92 Å². The Morgan fingerprint density at radius 3 is 2.62 bits per heavy atom. The van der Waals surface area contributed by atoms with E-state index in [9.17, 15) is 0 Å². The highest BCUT2D eigenvalue weighted by Crippen LogP contribution is 2.17. The summed E-state index contributed by atoms with van der Waals surface area (Å²) in [6.07, 6.45) is 1.31. The predicted octanol–water partition coefficient (Wildman–Crippen LogP) is 2.22. The minimum absolute atomic E-state index is 0.189. The van der Waals surface area contributed by atoms with Crippen LogP contribution in [0.1, 0.15) is 40.5 Å². The van der Waals surface area contributed by atoms with Gasteiger partial charge in [0.2, 0.25) is 11.9 Å². The van der Waals surface area contributed by atoms with Crippen molar-refractivity contribution in [2.75, 3.05) is 29.9 Å². The Morgan fingerprint density at radius 1 is 1.29 bits per heavy atom. The molecule has 7 nitrogen and oxygen atoms in total. The summed E-state index contributed by atoms with van der Waals surface area (Å²) in [4.78, 5) is 15.0. The van der Waals surface area contributed by atoms with Gasteiger partial charge in [-0.15, -0.1) is 0 Å². The van der Waals surface area contributed by atoms with Crippen molar-refractivity contribution in [1.82, 2.24) is 15.0 Å². The monoisotopic (exact) mass is 292 g/mol. The van der Waals surface area contributed by atoms with Gasteiger partial charge in [-0.05, 0) is 27.2 Å². The summed E-state index contributed by atoms with van der Waals surface area (Å²) in [5, 5.41) is 11.9. The van der Waals surface area contributed by atoms with E-state index in [-0.39, 0.29) is 6.04 Å². The molecule has 0 radical (unpaired) electrons. The van der Waals surface area contributed by atoms with Gasteiger partial charge >= 0.3 is 6.01 Å². The molecule has 0 aliphatic carbocycles. The highest BCUT2D eigenvalue weighted by molar-refractivity contribution is 5.39. The summed E-state index contributed by atoms with van der Waals surface area (Å²) in [6, 6.07) is 2.66. The molecule has 0 amide bonds. The van der Waals surface area contributed by atoms with Gasteiger partial charge < -0.3 is 15.0 Å². The summed E-state index contributed by atoms with van der Waals surface area (Å²) < 4.78 is 5.52. The van der Waals surface area contributed by atoms with Crippen LogP contribution in [-0.2, 0) is 0 Å². The lowest BCUT2D eigenvalue weighted by atomic mass is 10.3. The summed E-state index contributed by atoms with van der Waals surface area (Å²) in [5.74, 6) is 1.04. The van der Waals surface area contributed by atoms with Crippen LogP contribution in [0.25, 0.3) is 0 Å². The maximum absolute atomic E-state index is 8.79. The highest BCUT2D eigenvalue weighted by Gasteiger charge is 2.16. The lowest BCUT2D eigenvalue weighted by molar-refractivity contribution is 0.291. The number of nitrogens with zero attached hydrogens (tertiary/aromatic N) is 5. The summed E-state index contributed by atoms with van der Waals surface area (Å²) in [6.45, 7) is 9.95. The molecule has 1 N–H and O–H groups in total. The number of nitriles is 1. The van der Waals surface area contributed by atoms with Crippen LogP contribution < -0.4 is 15.0 Å². The van der Waals surface area contributed by atoms with Gasteiger partial charge in [0.05, 0.1) is 19.1 Å². The smallest absolute Gasteiger partial charge is 0.323 e. The maximum Gasteiger partial charge on any atom is 0.323 e. The molecule has 0 saturated heterocycles. The first-order chi connectivity index (χ1) is 10.1. The molecular formula is C14H24N6O. The Labute approximate surface area is 126 Å². The fraction of sp³-hybridized carbons (Fsp3) is 0.714. The molecule has 0 bridgehead atoms. The fourth-order valence-corrected chi connectivity index (χ4v) is 1.73. The van der Waals surface area contributed by atoms with E-state index in [1.54, 1.807) is 0 Å². The lowest BCUT2D eigenvalue weighted by Gasteiger charge is -2.26. The molecular weight excluding hydrogens is 268 g/mol. The zero-order chi connectivity index (χ0) is 15.7. The van der Waals surface area contributed by atoms with Crippen molar-refractivity contribution < 1.29 is 4.74 Å². The molecule has 116 valence electrons. The molecule has 0 aliphatic rings. The number of aromatic nitrogens is 3. The van der Waals surface area contributed by atoms with Gasteiger partial charge in [-0.25, -0.2) is 0 Å². The van der Waals surface area contributed by atoms with Crippen molar-refractivity contribution in [2.45, 2.75) is 46.6 Å². The molecule has 1 aromatic heterocycles. The van der Waals surface area contributed by atoms with Crippen LogP contribution in [0, 0.1) is 11.3 Å². The average Bonchev–Trinajstić information content (AvgIpc) is 2.45. The largest absolute Gasteiger partial charge is 0.463 e. The molecule has 0 spiro atoms. The molecule has 0 atom stereocenters. The standard InChI is InChI=1S/C14H24N6O/c1-5-10-21-14-18-12(16-6-2)17-13(19-14)20(11(3)4)9-7-8-15/h11H,5-7,9-10H2,1-4H3,(H,16,17,18,19). The van der Waals surface area contributed by atoms with E-state index in [0.717, 1.165) is 13.0 Å². The Morgan fingerprint density at radius 2 is 2.05 bits per heavy atom. The first-order valence-electron chi connectivity index (χ1n) is 7.38. The zero-order valence-electron chi connectivity index (χ0n) is 13.3. The van der Waals surface area contributed by atoms with Crippen LogP contribution in [-0.4, -0.2) is 40.7 Å². The third-order valence-corrected chi connectivity index (χ3v) is 2.72. The summed E-state index contributed by atoms with van der Waals surface area (Å²) in [7, 11) is 0. The topological polar surface area (TPSA) is 87.0 Å². The first-order valence-corrected chi connectivity index (χ1v) is 7.38. The first kappa shape index (κ1) is 17.0. The van der Waals surface area contributed by atoms with Gasteiger partial charge in [0.15, 0.2) is 0 Å². The molecule has 1 heterocycles. The normalized spacial score (nSPS) is 10.3. The van der Waals surface area contributed by atoms with Crippen molar-refractivity contribution in [1.29, 1.82) is 5.26 Å². The number of nitrogens with one attached hydrogen (secondary N) is 1.